The summed E-state index contributed by atoms with van der Waals surface area (Å²) in [6, 6.07) is 12.7. The Morgan fingerprint density at radius 2 is 1.90 bits per heavy atom. The summed E-state index contributed by atoms with van der Waals surface area (Å²) in [7, 11) is -0.356. The van der Waals surface area contributed by atoms with Crippen molar-refractivity contribution >= 4 is 16.0 Å². The molecule has 0 amide bonds. The first-order valence-corrected chi connectivity index (χ1v) is 11.4. The monoisotopic (exact) mass is 448 g/mol. The number of hydrogen-bond donors (Lipinski definition) is 3. The molecule has 3 rings (SSSR count). The molecule has 9 nitrogen and oxygen atoms in total. The van der Waals surface area contributed by atoms with Gasteiger partial charge in [0.25, 0.3) is 0 Å². The van der Waals surface area contributed by atoms with Gasteiger partial charge in [0.05, 0.1) is 11.5 Å². The topological polar surface area (TPSA) is 110 Å². The van der Waals surface area contributed by atoms with E-state index < -0.39 is 10.0 Å². The Labute approximate surface area is 182 Å². The molecule has 0 fully saturated rings. The third-order valence-corrected chi connectivity index (χ3v) is 6.09. The van der Waals surface area contributed by atoms with E-state index in [0.717, 1.165) is 29.0 Å². The molecule has 2 aromatic carbocycles. The molecule has 3 N–H and O–H groups in total. The fourth-order valence-corrected chi connectivity index (χ4v) is 4.10. The van der Waals surface area contributed by atoms with Gasteiger partial charge < -0.3 is 24.8 Å². The van der Waals surface area contributed by atoms with E-state index in [9.17, 15) is 8.42 Å². The maximum Gasteiger partial charge on any atom is 0.240 e. The van der Waals surface area contributed by atoms with Crippen LogP contribution in [0.4, 0.5) is 0 Å². The van der Waals surface area contributed by atoms with Crippen LogP contribution in [0.3, 0.4) is 0 Å². The molecule has 0 bridgehead atoms. The van der Waals surface area contributed by atoms with Crippen LogP contribution in [0.5, 0.6) is 11.5 Å². The minimum absolute atomic E-state index is 0.216. The van der Waals surface area contributed by atoms with Crippen LogP contribution in [0.2, 0.25) is 0 Å². The number of sulfonamides is 1. The van der Waals surface area contributed by atoms with Gasteiger partial charge in [-0.3, -0.25) is 4.99 Å². The highest BCUT2D eigenvalue weighted by atomic mass is 32.2. The zero-order valence-corrected chi connectivity index (χ0v) is 18.5. The predicted octanol–water partition coefficient (Wildman–Crippen LogP) is 1.25. The van der Waals surface area contributed by atoms with E-state index in [4.69, 9.17) is 14.2 Å². The van der Waals surface area contributed by atoms with Crippen molar-refractivity contribution in [2.75, 3.05) is 40.6 Å². The molecular formula is C21H28N4O5S. The largest absolute Gasteiger partial charge is 0.454 e. The Balaban J connectivity index is 1.49. The highest BCUT2D eigenvalue weighted by Gasteiger charge is 2.14. The van der Waals surface area contributed by atoms with E-state index in [0.29, 0.717) is 25.7 Å². The summed E-state index contributed by atoms with van der Waals surface area (Å²) in [4.78, 5) is 4.43. The Hall–Kier alpha value is -2.82. The molecule has 1 aliphatic rings. The van der Waals surface area contributed by atoms with Gasteiger partial charge in [-0.05, 0) is 41.8 Å². The molecule has 0 saturated carbocycles. The number of benzene rings is 2. The number of aliphatic imine (C=N–C) groups is 1. The molecule has 0 unspecified atom stereocenters. The van der Waals surface area contributed by atoms with Crippen LogP contribution >= 0.6 is 0 Å². The van der Waals surface area contributed by atoms with Crippen molar-refractivity contribution in [2.45, 2.75) is 17.9 Å². The van der Waals surface area contributed by atoms with Crippen LogP contribution in [0.25, 0.3) is 0 Å². The van der Waals surface area contributed by atoms with Gasteiger partial charge in [0.2, 0.25) is 16.8 Å². The van der Waals surface area contributed by atoms with E-state index in [2.05, 4.69) is 20.3 Å². The number of nitrogens with zero attached hydrogens (tertiary/aromatic N) is 1. The Morgan fingerprint density at radius 1 is 1.06 bits per heavy atom. The molecule has 0 aliphatic carbocycles. The van der Waals surface area contributed by atoms with Crippen LogP contribution in [-0.4, -0.2) is 55.0 Å². The third kappa shape index (κ3) is 6.58. The molecule has 10 heteroatoms. The van der Waals surface area contributed by atoms with Gasteiger partial charge in [0.15, 0.2) is 17.5 Å². The summed E-state index contributed by atoms with van der Waals surface area (Å²) in [5.74, 6) is 2.17. The van der Waals surface area contributed by atoms with Crippen LogP contribution in [0, 0.1) is 0 Å². The lowest BCUT2D eigenvalue weighted by molar-refractivity contribution is 0.174. The van der Waals surface area contributed by atoms with Gasteiger partial charge >= 0.3 is 0 Å². The molecule has 0 radical (unpaired) electrons. The van der Waals surface area contributed by atoms with E-state index >= 15 is 0 Å². The van der Waals surface area contributed by atoms with Crippen molar-refractivity contribution in [1.29, 1.82) is 0 Å². The minimum atomic E-state index is -3.57. The average molecular weight is 449 g/mol. The first-order valence-electron chi connectivity index (χ1n) is 9.92. The number of nitrogens with one attached hydrogen (secondary N) is 3. The summed E-state index contributed by atoms with van der Waals surface area (Å²) in [5, 5.41) is 6.46. The lowest BCUT2D eigenvalue weighted by atomic mass is 10.1. The second kappa shape index (κ2) is 11.0. The molecular weight excluding hydrogens is 420 g/mol. The van der Waals surface area contributed by atoms with Gasteiger partial charge in [-0.2, -0.15) is 0 Å². The predicted molar refractivity (Wildman–Crippen MR) is 118 cm³/mol. The van der Waals surface area contributed by atoms with Crippen molar-refractivity contribution in [1.82, 2.24) is 15.4 Å². The van der Waals surface area contributed by atoms with Crippen LogP contribution < -0.4 is 24.8 Å². The molecule has 0 atom stereocenters. The number of ether oxygens (including phenoxy) is 3. The SMILES string of the molecule is CN=C(NCCc1ccc2c(c1)OCO2)NCc1cccc(S(=O)(=O)NCCOC)c1. The Bertz CT molecular complexity index is 1010. The smallest absolute Gasteiger partial charge is 0.240 e. The van der Waals surface area contributed by atoms with Crippen molar-refractivity contribution in [3.05, 3.63) is 53.6 Å². The first kappa shape index (κ1) is 22.9. The van der Waals surface area contributed by atoms with Gasteiger partial charge in [0.1, 0.15) is 0 Å². The molecule has 1 aliphatic heterocycles. The molecule has 0 spiro atoms. The third-order valence-electron chi connectivity index (χ3n) is 4.63. The van der Waals surface area contributed by atoms with Crippen LogP contribution in [0.1, 0.15) is 11.1 Å². The summed E-state index contributed by atoms with van der Waals surface area (Å²) in [5.41, 5.74) is 1.96. The fraction of sp³-hybridized carbons (Fsp3) is 0.381. The Kier molecular flexibility index (Phi) is 8.10. The highest BCUT2D eigenvalue weighted by Crippen LogP contribution is 2.32. The second-order valence-electron chi connectivity index (χ2n) is 6.83. The lowest BCUT2D eigenvalue weighted by Crippen LogP contribution is -2.37. The summed E-state index contributed by atoms with van der Waals surface area (Å²) in [6.45, 7) is 1.91. The van der Waals surface area contributed by atoms with Gasteiger partial charge in [0, 0.05) is 33.8 Å². The lowest BCUT2D eigenvalue weighted by Gasteiger charge is -2.13. The van der Waals surface area contributed by atoms with E-state index in [1.54, 1.807) is 25.2 Å². The first-order chi connectivity index (χ1) is 15.0. The van der Waals surface area contributed by atoms with Crippen LogP contribution in [0.15, 0.2) is 52.4 Å². The Morgan fingerprint density at radius 3 is 2.71 bits per heavy atom. The van der Waals surface area contributed by atoms with Crippen molar-refractivity contribution in [3.63, 3.8) is 0 Å². The summed E-state index contributed by atoms with van der Waals surface area (Å²) < 4.78 is 42.8. The average Bonchev–Trinajstić information content (AvgIpc) is 3.24. The molecule has 0 aromatic heterocycles. The summed E-state index contributed by atoms with van der Waals surface area (Å²) >= 11 is 0. The van der Waals surface area contributed by atoms with E-state index in [1.807, 2.05) is 24.3 Å². The number of methoxy groups -OCH3 is 1. The molecule has 2 aromatic rings. The summed E-state index contributed by atoms with van der Waals surface area (Å²) in [6.07, 6.45) is 0.790. The standard InChI is InChI=1S/C21H28N4O5S/c1-22-21(23-9-8-16-6-7-19-20(13-16)30-15-29-19)24-14-17-4-3-5-18(12-17)31(26,27)25-10-11-28-2/h3-7,12-13,25H,8-11,14-15H2,1-2H3,(H2,22,23,24). The van der Waals surface area contributed by atoms with Crippen molar-refractivity contribution in [3.8, 4) is 11.5 Å². The zero-order chi connectivity index (χ0) is 22.1. The zero-order valence-electron chi connectivity index (χ0n) is 17.7. The quantitative estimate of drug-likeness (QED) is 0.285. The van der Waals surface area contributed by atoms with Gasteiger partial charge in [-0.1, -0.05) is 18.2 Å². The number of guanidine groups is 1. The normalized spacial score (nSPS) is 13.3. The minimum Gasteiger partial charge on any atom is -0.454 e. The molecule has 0 saturated heterocycles. The number of fused-ring (bicyclic) bond motifs is 1. The fourth-order valence-electron chi connectivity index (χ4n) is 3.01. The number of hydrogen-bond acceptors (Lipinski definition) is 6. The van der Waals surface area contributed by atoms with Gasteiger partial charge in [-0.15, -0.1) is 0 Å². The van der Waals surface area contributed by atoms with Crippen molar-refractivity contribution in [2.24, 2.45) is 4.99 Å². The molecule has 31 heavy (non-hydrogen) atoms. The second-order valence-corrected chi connectivity index (χ2v) is 8.60. The van der Waals surface area contributed by atoms with Crippen LogP contribution in [-0.2, 0) is 27.7 Å². The maximum atomic E-state index is 12.4. The molecule has 168 valence electrons. The highest BCUT2D eigenvalue weighted by molar-refractivity contribution is 7.89. The van der Waals surface area contributed by atoms with E-state index in [-0.39, 0.29) is 18.2 Å². The van der Waals surface area contributed by atoms with Gasteiger partial charge in [-0.25, -0.2) is 13.1 Å². The number of rotatable bonds is 10. The van der Waals surface area contributed by atoms with E-state index in [1.165, 1.54) is 7.11 Å². The van der Waals surface area contributed by atoms with Crippen molar-refractivity contribution < 1.29 is 22.6 Å². The maximum absolute atomic E-state index is 12.4. The molecule has 1 heterocycles.